The molecule has 1 atom stereocenters. The molecular formula is C16H21N3O7S. The third kappa shape index (κ3) is 3.75. The van der Waals surface area contributed by atoms with Crippen molar-refractivity contribution in [2.75, 3.05) is 40.0 Å². The SMILES string of the molecule is COc1ccc(S(=O)(=O)N2CCCC2C(=O)N2CCOCC2)cc1[N+](=O)[O-]. The van der Waals surface area contributed by atoms with Crippen LogP contribution in [0.1, 0.15) is 12.8 Å². The number of carbonyl (C=O) groups excluding carboxylic acids is 1. The third-order valence-corrected chi connectivity index (χ3v) is 6.67. The van der Waals surface area contributed by atoms with Gasteiger partial charge in [-0.2, -0.15) is 4.31 Å². The maximum Gasteiger partial charge on any atom is 0.312 e. The van der Waals surface area contributed by atoms with E-state index in [2.05, 4.69) is 0 Å². The van der Waals surface area contributed by atoms with E-state index in [1.165, 1.54) is 19.2 Å². The van der Waals surface area contributed by atoms with Crippen molar-refractivity contribution in [3.05, 3.63) is 28.3 Å². The van der Waals surface area contributed by atoms with E-state index in [-0.39, 0.29) is 23.1 Å². The van der Waals surface area contributed by atoms with Gasteiger partial charge in [-0.15, -0.1) is 0 Å². The molecule has 0 aromatic heterocycles. The Morgan fingerprint density at radius 3 is 2.63 bits per heavy atom. The maximum absolute atomic E-state index is 13.1. The van der Waals surface area contributed by atoms with Crippen molar-refractivity contribution in [1.82, 2.24) is 9.21 Å². The molecule has 2 aliphatic rings. The summed E-state index contributed by atoms with van der Waals surface area (Å²) in [4.78, 5) is 24.7. The van der Waals surface area contributed by atoms with E-state index < -0.39 is 26.7 Å². The Labute approximate surface area is 156 Å². The molecule has 0 spiro atoms. The fourth-order valence-corrected chi connectivity index (χ4v) is 5.05. The van der Waals surface area contributed by atoms with E-state index in [0.717, 1.165) is 10.4 Å². The Bertz CT molecular complexity index is 836. The molecule has 1 aromatic rings. The molecule has 1 unspecified atom stereocenters. The molecule has 1 amide bonds. The van der Waals surface area contributed by atoms with Crippen LogP contribution in [0, 0.1) is 10.1 Å². The number of benzene rings is 1. The standard InChI is InChI=1S/C16H21N3O7S/c1-25-15-5-4-12(11-14(15)19(21)22)27(23,24)18-6-2-3-13(18)16(20)17-7-9-26-10-8-17/h4-5,11,13H,2-3,6-10H2,1H3. The highest BCUT2D eigenvalue weighted by molar-refractivity contribution is 7.89. The van der Waals surface area contributed by atoms with Crippen molar-refractivity contribution in [2.24, 2.45) is 0 Å². The monoisotopic (exact) mass is 399 g/mol. The molecule has 2 aliphatic heterocycles. The zero-order chi connectivity index (χ0) is 19.6. The van der Waals surface area contributed by atoms with E-state index >= 15 is 0 Å². The Hall–Kier alpha value is -2.24. The van der Waals surface area contributed by atoms with Crippen molar-refractivity contribution in [3.63, 3.8) is 0 Å². The van der Waals surface area contributed by atoms with Gasteiger partial charge in [0.1, 0.15) is 6.04 Å². The van der Waals surface area contributed by atoms with E-state index in [9.17, 15) is 23.3 Å². The van der Waals surface area contributed by atoms with Crippen LogP contribution in [0.15, 0.2) is 23.1 Å². The van der Waals surface area contributed by atoms with Crippen LogP contribution < -0.4 is 4.74 Å². The highest BCUT2D eigenvalue weighted by atomic mass is 32.2. The number of nitro groups is 1. The summed E-state index contributed by atoms with van der Waals surface area (Å²) in [6.45, 7) is 1.91. The first-order chi connectivity index (χ1) is 12.9. The van der Waals surface area contributed by atoms with Gasteiger partial charge in [-0.3, -0.25) is 14.9 Å². The first kappa shape index (κ1) is 19.5. The number of hydrogen-bond acceptors (Lipinski definition) is 7. The Kier molecular flexibility index (Phi) is 5.63. The van der Waals surface area contributed by atoms with Crippen molar-refractivity contribution < 1.29 is 27.6 Å². The minimum Gasteiger partial charge on any atom is -0.490 e. The second-order valence-corrected chi connectivity index (χ2v) is 8.19. The summed E-state index contributed by atoms with van der Waals surface area (Å²) in [5.41, 5.74) is -0.436. The van der Waals surface area contributed by atoms with Gasteiger partial charge in [-0.1, -0.05) is 0 Å². The van der Waals surface area contributed by atoms with Crippen LogP contribution in [0.2, 0.25) is 0 Å². The van der Waals surface area contributed by atoms with Crippen molar-refractivity contribution in [3.8, 4) is 5.75 Å². The Balaban J connectivity index is 1.90. The van der Waals surface area contributed by atoms with Crippen LogP contribution in [0.4, 0.5) is 5.69 Å². The average molecular weight is 399 g/mol. The van der Waals surface area contributed by atoms with Crippen LogP contribution >= 0.6 is 0 Å². The van der Waals surface area contributed by atoms with Gasteiger partial charge in [0.2, 0.25) is 15.9 Å². The number of carbonyl (C=O) groups is 1. The lowest BCUT2D eigenvalue weighted by Crippen LogP contribution is -2.50. The Morgan fingerprint density at radius 1 is 1.30 bits per heavy atom. The highest BCUT2D eigenvalue weighted by Gasteiger charge is 2.42. The van der Waals surface area contributed by atoms with E-state index in [4.69, 9.17) is 9.47 Å². The van der Waals surface area contributed by atoms with Crippen LogP contribution in [0.3, 0.4) is 0 Å². The fourth-order valence-electron chi connectivity index (χ4n) is 3.38. The second-order valence-electron chi connectivity index (χ2n) is 6.30. The molecule has 148 valence electrons. The molecule has 0 aliphatic carbocycles. The van der Waals surface area contributed by atoms with Crippen LogP contribution in [0.5, 0.6) is 5.75 Å². The number of morpholine rings is 1. The Morgan fingerprint density at radius 2 is 2.00 bits per heavy atom. The summed E-state index contributed by atoms with van der Waals surface area (Å²) in [5, 5.41) is 11.2. The van der Waals surface area contributed by atoms with Crippen molar-refractivity contribution in [2.45, 2.75) is 23.8 Å². The van der Waals surface area contributed by atoms with Crippen LogP contribution in [-0.2, 0) is 19.6 Å². The number of nitrogens with zero attached hydrogens (tertiary/aromatic N) is 3. The lowest BCUT2D eigenvalue weighted by Gasteiger charge is -2.32. The number of nitro benzene ring substituents is 1. The molecular weight excluding hydrogens is 378 g/mol. The molecule has 0 N–H and O–H groups in total. The first-order valence-electron chi connectivity index (χ1n) is 8.57. The van der Waals surface area contributed by atoms with Gasteiger partial charge >= 0.3 is 5.69 Å². The summed E-state index contributed by atoms with van der Waals surface area (Å²) in [6, 6.07) is 2.69. The zero-order valence-corrected chi connectivity index (χ0v) is 15.7. The summed E-state index contributed by atoms with van der Waals surface area (Å²) < 4.78 is 37.4. The number of rotatable bonds is 5. The van der Waals surface area contributed by atoms with Gasteiger partial charge in [0.15, 0.2) is 5.75 Å². The smallest absolute Gasteiger partial charge is 0.312 e. The molecule has 0 bridgehead atoms. The molecule has 27 heavy (non-hydrogen) atoms. The second kappa shape index (κ2) is 7.79. The van der Waals surface area contributed by atoms with Gasteiger partial charge in [0.05, 0.1) is 30.1 Å². The lowest BCUT2D eigenvalue weighted by molar-refractivity contribution is -0.386. The molecule has 11 heteroatoms. The predicted octanol–water partition coefficient (Wildman–Crippen LogP) is 0.615. The lowest BCUT2D eigenvalue weighted by atomic mass is 10.2. The molecule has 0 saturated carbocycles. The number of ether oxygens (including phenoxy) is 2. The minimum absolute atomic E-state index is 0.0266. The van der Waals surface area contributed by atoms with Crippen molar-refractivity contribution in [1.29, 1.82) is 0 Å². The number of amides is 1. The van der Waals surface area contributed by atoms with Gasteiger partial charge in [-0.05, 0) is 25.0 Å². The van der Waals surface area contributed by atoms with Crippen LogP contribution in [0.25, 0.3) is 0 Å². The first-order valence-corrected chi connectivity index (χ1v) is 10.0. The van der Waals surface area contributed by atoms with Gasteiger partial charge in [0, 0.05) is 25.7 Å². The largest absolute Gasteiger partial charge is 0.490 e. The zero-order valence-electron chi connectivity index (χ0n) is 14.9. The van der Waals surface area contributed by atoms with E-state index in [1.807, 2.05) is 0 Å². The number of methoxy groups -OCH3 is 1. The summed E-state index contributed by atoms with van der Waals surface area (Å²) in [5.74, 6) is -0.274. The van der Waals surface area contributed by atoms with Gasteiger partial charge in [-0.25, -0.2) is 8.42 Å². The van der Waals surface area contributed by atoms with Crippen molar-refractivity contribution >= 4 is 21.6 Å². The van der Waals surface area contributed by atoms with Gasteiger partial charge in [0.25, 0.3) is 0 Å². The molecule has 2 saturated heterocycles. The summed E-state index contributed by atoms with van der Waals surface area (Å²) >= 11 is 0. The molecule has 10 nitrogen and oxygen atoms in total. The normalized spacial score (nSPS) is 21.2. The average Bonchev–Trinajstić information content (AvgIpc) is 3.18. The molecule has 3 rings (SSSR count). The predicted molar refractivity (Wildman–Crippen MR) is 94.0 cm³/mol. The fraction of sp³-hybridized carbons (Fsp3) is 0.562. The molecule has 2 heterocycles. The van der Waals surface area contributed by atoms with Gasteiger partial charge < -0.3 is 14.4 Å². The summed E-state index contributed by atoms with van der Waals surface area (Å²) in [7, 11) is -2.79. The van der Waals surface area contributed by atoms with E-state index in [0.29, 0.717) is 39.1 Å². The third-order valence-electron chi connectivity index (χ3n) is 4.77. The summed E-state index contributed by atoms with van der Waals surface area (Å²) in [6.07, 6.45) is 0.978. The minimum atomic E-state index is -4.06. The van der Waals surface area contributed by atoms with Crippen LogP contribution in [-0.4, -0.2) is 74.5 Å². The molecule has 0 radical (unpaired) electrons. The number of sulfonamides is 1. The van der Waals surface area contributed by atoms with E-state index in [1.54, 1.807) is 4.90 Å². The number of hydrogen-bond donors (Lipinski definition) is 0. The quantitative estimate of drug-likeness (QED) is 0.526. The topological polar surface area (TPSA) is 119 Å². The highest BCUT2D eigenvalue weighted by Crippen LogP contribution is 2.33. The maximum atomic E-state index is 13.1. The molecule has 1 aromatic carbocycles. The molecule has 2 fully saturated rings.